The first-order valence-electron chi connectivity index (χ1n) is 5.76. The fourth-order valence-electron chi connectivity index (χ4n) is 1.74. The van der Waals surface area contributed by atoms with Crippen LogP contribution in [-0.4, -0.2) is 56.1 Å². The number of aliphatic hydroxyl groups is 2. The van der Waals surface area contributed by atoms with Gasteiger partial charge in [0.25, 0.3) is 5.69 Å². The predicted molar refractivity (Wildman–Crippen MR) is 72.6 cm³/mol. The van der Waals surface area contributed by atoms with Crippen molar-refractivity contribution < 1.29 is 23.6 Å². The van der Waals surface area contributed by atoms with E-state index < -0.39 is 14.8 Å². The van der Waals surface area contributed by atoms with Crippen LogP contribution < -0.4 is 4.90 Å². The predicted octanol–water partition coefficient (Wildman–Crippen LogP) is -0.211. The molecule has 0 radical (unpaired) electrons. The van der Waals surface area contributed by atoms with Crippen LogP contribution in [0.25, 0.3) is 0 Å². The van der Waals surface area contributed by atoms with Gasteiger partial charge >= 0.3 is 0 Å². The highest BCUT2D eigenvalue weighted by molar-refractivity contribution is 7.90. The summed E-state index contributed by atoms with van der Waals surface area (Å²) in [4.78, 5) is 11.7. The summed E-state index contributed by atoms with van der Waals surface area (Å²) in [6.45, 7) is -0.296. The zero-order chi connectivity index (χ0) is 15.3. The molecule has 0 fully saturated rings. The number of hydrogen-bond acceptors (Lipinski definition) is 7. The van der Waals surface area contributed by atoms with E-state index in [1.165, 1.54) is 17.0 Å². The summed E-state index contributed by atoms with van der Waals surface area (Å²) in [6.07, 6.45) is 0.963. The summed E-state index contributed by atoms with van der Waals surface area (Å²) in [7, 11) is -3.55. The maximum absolute atomic E-state index is 11.4. The van der Waals surface area contributed by atoms with Gasteiger partial charge in [-0.2, -0.15) is 0 Å². The van der Waals surface area contributed by atoms with Gasteiger partial charge in [0.1, 0.15) is 5.69 Å². The van der Waals surface area contributed by atoms with Crippen molar-refractivity contribution in [3.8, 4) is 0 Å². The lowest BCUT2D eigenvalue weighted by Crippen LogP contribution is -2.30. The van der Waals surface area contributed by atoms with Crippen molar-refractivity contribution in [1.29, 1.82) is 0 Å². The average molecular weight is 304 g/mol. The van der Waals surface area contributed by atoms with Crippen LogP contribution in [0.1, 0.15) is 0 Å². The van der Waals surface area contributed by atoms with Crippen LogP contribution in [0.3, 0.4) is 0 Å². The normalized spacial score (nSPS) is 11.3. The minimum atomic E-state index is -3.55. The minimum Gasteiger partial charge on any atom is -0.395 e. The molecule has 0 unspecified atom stereocenters. The Morgan fingerprint density at radius 1 is 1.25 bits per heavy atom. The fourth-order valence-corrected chi connectivity index (χ4v) is 2.38. The zero-order valence-corrected chi connectivity index (χ0v) is 11.7. The molecule has 2 N–H and O–H groups in total. The van der Waals surface area contributed by atoms with Gasteiger partial charge in [0, 0.05) is 25.4 Å². The van der Waals surface area contributed by atoms with E-state index in [4.69, 9.17) is 10.2 Å². The maximum atomic E-state index is 11.4. The third kappa shape index (κ3) is 3.89. The molecule has 0 saturated heterocycles. The van der Waals surface area contributed by atoms with E-state index in [2.05, 4.69) is 0 Å². The van der Waals surface area contributed by atoms with E-state index >= 15 is 0 Å². The third-order valence-electron chi connectivity index (χ3n) is 2.65. The van der Waals surface area contributed by atoms with E-state index in [0.29, 0.717) is 0 Å². The van der Waals surface area contributed by atoms with Crippen molar-refractivity contribution in [2.75, 3.05) is 37.5 Å². The van der Waals surface area contributed by atoms with Crippen LogP contribution in [0.5, 0.6) is 0 Å². The van der Waals surface area contributed by atoms with Gasteiger partial charge in [0.05, 0.1) is 23.0 Å². The van der Waals surface area contributed by atoms with Crippen LogP contribution in [0.15, 0.2) is 23.1 Å². The Morgan fingerprint density at radius 3 is 2.20 bits per heavy atom. The van der Waals surface area contributed by atoms with E-state index in [0.717, 1.165) is 12.3 Å². The molecule has 0 aliphatic rings. The number of benzene rings is 1. The summed E-state index contributed by atoms with van der Waals surface area (Å²) >= 11 is 0. The topological polar surface area (TPSA) is 121 Å². The Balaban J connectivity index is 3.35. The molecule has 0 aliphatic heterocycles. The number of nitro benzene ring substituents is 1. The first-order valence-corrected chi connectivity index (χ1v) is 7.65. The molecular formula is C11H16N2O6S. The summed E-state index contributed by atoms with van der Waals surface area (Å²) in [5.41, 5.74) is -0.222. The highest BCUT2D eigenvalue weighted by atomic mass is 32.2. The van der Waals surface area contributed by atoms with Gasteiger partial charge in [0.2, 0.25) is 0 Å². The third-order valence-corrected chi connectivity index (χ3v) is 3.76. The smallest absolute Gasteiger partial charge is 0.293 e. The first-order chi connectivity index (χ1) is 9.31. The molecule has 0 saturated carbocycles. The fraction of sp³-hybridized carbons (Fsp3) is 0.455. The molecule has 0 amide bonds. The summed E-state index contributed by atoms with van der Waals surface area (Å²) in [5, 5.41) is 29.0. The van der Waals surface area contributed by atoms with Crippen LogP contribution in [-0.2, 0) is 9.84 Å². The number of sulfone groups is 1. The Kier molecular flexibility index (Phi) is 5.43. The van der Waals surface area contributed by atoms with Crippen LogP contribution in [0, 0.1) is 10.1 Å². The van der Waals surface area contributed by atoms with E-state index in [1.807, 2.05) is 0 Å². The van der Waals surface area contributed by atoms with Crippen molar-refractivity contribution in [2.24, 2.45) is 0 Å². The number of anilines is 1. The van der Waals surface area contributed by atoms with Crippen molar-refractivity contribution in [3.63, 3.8) is 0 Å². The molecule has 0 spiro atoms. The van der Waals surface area contributed by atoms with Gasteiger partial charge in [0.15, 0.2) is 9.84 Å². The molecule has 0 aromatic heterocycles. The number of rotatable bonds is 7. The molecule has 0 atom stereocenters. The van der Waals surface area contributed by atoms with Gasteiger partial charge < -0.3 is 15.1 Å². The molecule has 20 heavy (non-hydrogen) atoms. The lowest BCUT2D eigenvalue weighted by Gasteiger charge is -2.22. The van der Waals surface area contributed by atoms with Gasteiger partial charge in [-0.15, -0.1) is 0 Å². The number of nitro groups is 1. The molecule has 0 heterocycles. The second kappa shape index (κ2) is 6.64. The molecule has 8 nitrogen and oxygen atoms in total. The first kappa shape index (κ1) is 16.3. The molecule has 112 valence electrons. The molecule has 0 bridgehead atoms. The van der Waals surface area contributed by atoms with Crippen molar-refractivity contribution in [1.82, 2.24) is 0 Å². The van der Waals surface area contributed by atoms with E-state index in [-0.39, 0.29) is 42.6 Å². The van der Waals surface area contributed by atoms with Gasteiger partial charge in [-0.3, -0.25) is 10.1 Å². The van der Waals surface area contributed by atoms with Crippen LogP contribution in [0.2, 0.25) is 0 Å². The Labute approximate surface area is 116 Å². The quantitative estimate of drug-likeness (QED) is 0.528. The monoisotopic (exact) mass is 304 g/mol. The molecular weight excluding hydrogens is 288 g/mol. The molecule has 9 heteroatoms. The molecule has 0 aliphatic carbocycles. The van der Waals surface area contributed by atoms with Crippen molar-refractivity contribution in [2.45, 2.75) is 4.90 Å². The van der Waals surface area contributed by atoms with Crippen LogP contribution >= 0.6 is 0 Å². The number of hydrogen-bond donors (Lipinski definition) is 2. The largest absolute Gasteiger partial charge is 0.395 e. The highest BCUT2D eigenvalue weighted by Gasteiger charge is 2.22. The molecule has 1 rings (SSSR count). The highest BCUT2D eigenvalue weighted by Crippen LogP contribution is 2.30. The summed E-state index contributed by atoms with van der Waals surface area (Å²) in [5.74, 6) is 0. The van der Waals surface area contributed by atoms with Gasteiger partial charge in [-0.25, -0.2) is 8.42 Å². The Morgan fingerprint density at radius 2 is 1.80 bits per heavy atom. The van der Waals surface area contributed by atoms with Gasteiger partial charge in [-0.1, -0.05) is 0 Å². The zero-order valence-electron chi connectivity index (χ0n) is 10.9. The minimum absolute atomic E-state index is 0.0968. The second-order valence-corrected chi connectivity index (χ2v) is 6.13. The number of aliphatic hydroxyl groups excluding tert-OH is 2. The second-order valence-electron chi connectivity index (χ2n) is 4.11. The standard InChI is InChI=1S/C11H16N2O6S/c1-20(18,19)9-2-3-10(11(8-9)13(16)17)12(4-6-14)5-7-15/h2-3,8,14-15H,4-7H2,1H3. The Bertz CT molecular complexity index is 581. The summed E-state index contributed by atoms with van der Waals surface area (Å²) < 4.78 is 22.8. The van der Waals surface area contributed by atoms with E-state index in [9.17, 15) is 18.5 Å². The average Bonchev–Trinajstić information content (AvgIpc) is 2.36. The molecule has 1 aromatic rings. The lowest BCUT2D eigenvalue weighted by atomic mass is 10.2. The van der Waals surface area contributed by atoms with Crippen molar-refractivity contribution >= 4 is 21.2 Å². The maximum Gasteiger partial charge on any atom is 0.293 e. The van der Waals surface area contributed by atoms with Gasteiger partial charge in [-0.05, 0) is 12.1 Å². The lowest BCUT2D eigenvalue weighted by molar-refractivity contribution is -0.384. The van der Waals surface area contributed by atoms with Crippen LogP contribution in [0.4, 0.5) is 11.4 Å². The summed E-state index contributed by atoms with van der Waals surface area (Å²) in [6, 6.07) is 3.55. The SMILES string of the molecule is CS(=O)(=O)c1ccc(N(CCO)CCO)c([N+](=O)[O-])c1. The van der Waals surface area contributed by atoms with E-state index in [1.54, 1.807) is 0 Å². The van der Waals surface area contributed by atoms with Crippen molar-refractivity contribution in [3.05, 3.63) is 28.3 Å². The Hall–Kier alpha value is -1.71. The molecule has 1 aromatic carbocycles. The number of nitrogens with zero attached hydrogens (tertiary/aromatic N) is 2.